The molecule has 0 saturated heterocycles. The van der Waals surface area contributed by atoms with Crippen LogP contribution in [0.3, 0.4) is 0 Å². The third-order valence-corrected chi connectivity index (χ3v) is 3.05. The molecule has 0 radical (unpaired) electrons. The number of hydrogen-bond donors (Lipinski definition) is 1. The van der Waals surface area contributed by atoms with Crippen molar-refractivity contribution in [2.45, 2.75) is 71.6 Å². The first-order chi connectivity index (χ1) is 8.57. The lowest BCUT2D eigenvalue weighted by molar-refractivity contribution is -0.131. The summed E-state index contributed by atoms with van der Waals surface area (Å²) < 4.78 is 0. The summed E-state index contributed by atoms with van der Waals surface area (Å²) in [6.07, 6.45) is 11.2. The van der Waals surface area contributed by atoms with Crippen molar-refractivity contribution < 1.29 is 14.7 Å². The Morgan fingerprint density at radius 1 is 0.944 bits per heavy atom. The molecule has 0 aromatic heterocycles. The van der Waals surface area contributed by atoms with E-state index in [4.69, 9.17) is 5.11 Å². The van der Waals surface area contributed by atoms with Crippen molar-refractivity contribution >= 4 is 11.8 Å². The summed E-state index contributed by atoms with van der Waals surface area (Å²) in [4.78, 5) is 21.7. The second-order valence-electron chi connectivity index (χ2n) is 4.79. The van der Waals surface area contributed by atoms with Crippen molar-refractivity contribution in [1.82, 2.24) is 0 Å². The SMILES string of the molecule is CCCCCCCCCCC(=CC(=O)O)C(C)=O. The maximum atomic E-state index is 11.2. The molecule has 3 nitrogen and oxygen atoms in total. The van der Waals surface area contributed by atoms with Crippen LogP contribution in [0.2, 0.25) is 0 Å². The first-order valence-corrected chi connectivity index (χ1v) is 7.02. The second kappa shape index (κ2) is 11.0. The summed E-state index contributed by atoms with van der Waals surface area (Å²) in [5.74, 6) is -1.15. The highest BCUT2D eigenvalue weighted by molar-refractivity contribution is 5.98. The van der Waals surface area contributed by atoms with Crippen molar-refractivity contribution in [3.05, 3.63) is 11.6 Å². The van der Waals surface area contributed by atoms with E-state index in [0.717, 1.165) is 18.9 Å². The van der Waals surface area contributed by atoms with E-state index in [1.54, 1.807) is 0 Å². The minimum absolute atomic E-state index is 0.125. The van der Waals surface area contributed by atoms with Gasteiger partial charge in [0.1, 0.15) is 0 Å². The maximum absolute atomic E-state index is 11.2. The Balaban J connectivity index is 3.63. The van der Waals surface area contributed by atoms with E-state index in [1.807, 2.05) is 0 Å². The van der Waals surface area contributed by atoms with Crippen molar-refractivity contribution in [3.8, 4) is 0 Å². The van der Waals surface area contributed by atoms with Gasteiger partial charge < -0.3 is 5.11 Å². The number of Topliss-reactive ketones (excluding diaryl/α,β-unsaturated/α-hetero) is 1. The Kier molecular flexibility index (Phi) is 10.3. The number of ketones is 1. The van der Waals surface area contributed by atoms with Crippen molar-refractivity contribution in [2.24, 2.45) is 0 Å². The molecule has 0 amide bonds. The first-order valence-electron chi connectivity index (χ1n) is 7.02. The summed E-state index contributed by atoms with van der Waals surface area (Å²) in [6, 6.07) is 0. The van der Waals surface area contributed by atoms with Gasteiger partial charge in [0, 0.05) is 11.6 Å². The molecule has 0 atom stereocenters. The number of rotatable bonds is 11. The van der Waals surface area contributed by atoms with Gasteiger partial charge in [-0.2, -0.15) is 0 Å². The molecule has 0 saturated carbocycles. The zero-order chi connectivity index (χ0) is 13.8. The number of hydrogen-bond acceptors (Lipinski definition) is 2. The lowest BCUT2D eigenvalue weighted by Gasteiger charge is -2.03. The Morgan fingerprint density at radius 3 is 1.89 bits per heavy atom. The number of aliphatic carboxylic acids is 1. The number of unbranched alkanes of at least 4 members (excludes halogenated alkanes) is 7. The molecule has 0 unspecified atom stereocenters. The largest absolute Gasteiger partial charge is 0.478 e. The third kappa shape index (κ3) is 10.1. The Labute approximate surface area is 110 Å². The molecule has 1 N–H and O–H groups in total. The Morgan fingerprint density at radius 2 is 1.44 bits per heavy atom. The van der Waals surface area contributed by atoms with Gasteiger partial charge in [-0.15, -0.1) is 0 Å². The van der Waals surface area contributed by atoms with E-state index in [1.165, 1.54) is 45.4 Å². The normalized spacial score (nSPS) is 11.6. The smallest absolute Gasteiger partial charge is 0.328 e. The van der Waals surface area contributed by atoms with E-state index < -0.39 is 5.97 Å². The molecule has 104 valence electrons. The average molecular weight is 254 g/mol. The van der Waals surface area contributed by atoms with E-state index in [2.05, 4.69) is 6.92 Å². The molecule has 0 aliphatic heterocycles. The standard InChI is InChI=1S/C15H26O3/c1-3-4-5-6-7-8-9-10-11-14(13(2)16)12-15(17)18/h12H,3-11H2,1-2H3,(H,17,18). The van der Waals surface area contributed by atoms with Crippen LogP contribution >= 0.6 is 0 Å². The Bertz CT molecular complexity index is 279. The van der Waals surface area contributed by atoms with Crippen LogP contribution in [0, 0.1) is 0 Å². The van der Waals surface area contributed by atoms with Crippen LogP contribution in [-0.2, 0) is 9.59 Å². The van der Waals surface area contributed by atoms with Crippen LogP contribution in [0.15, 0.2) is 11.6 Å². The first kappa shape index (κ1) is 16.9. The zero-order valence-electron chi connectivity index (χ0n) is 11.7. The fourth-order valence-electron chi connectivity index (χ4n) is 1.95. The van der Waals surface area contributed by atoms with Crippen LogP contribution in [0.4, 0.5) is 0 Å². The topological polar surface area (TPSA) is 54.4 Å². The highest BCUT2D eigenvalue weighted by Crippen LogP contribution is 2.13. The van der Waals surface area contributed by atoms with Gasteiger partial charge in [0.25, 0.3) is 0 Å². The highest BCUT2D eigenvalue weighted by Gasteiger charge is 2.05. The minimum atomic E-state index is -1.03. The molecule has 0 bridgehead atoms. The molecule has 0 spiro atoms. The van der Waals surface area contributed by atoms with Crippen LogP contribution in [0.1, 0.15) is 71.6 Å². The summed E-state index contributed by atoms with van der Waals surface area (Å²) in [7, 11) is 0. The van der Waals surface area contributed by atoms with Crippen LogP contribution in [-0.4, -0.2) is 16.9 Å². The highest BCUT2D eigenvalue weighted by atomic mass is 16.4. The van der Waals surface area contributed by atoms with E-state index in [-0.39, 0.29) is 5.78 Å². The van der Waals surface area contributed by atoms with Crippen LogP contribution < -0.4 is 0 Å². The predicted octanol–water partition coefficient (Wildman–Crippen LogP) is 4.12. The predicted molar refractivity (Wildman–Crippen MR) is 73.6 cm³/mol. The van der Waals surface area contributed by atoms with E-state index in [0.29, 0.717) is 12.0 Å². The van der Waals surface area contributed by atoms with Gasteiger partial charge in [-0.1, -0.05) is 51.9 Å². The summed E-state index contributed by atoms with van der Waals surface area (Å²) in [5.41, 5.74) is 0.438. The van der Waals surface area contributed by atoms with Gasteiger partial charge in [0.15, 0.2) is 5.78 Å². The minimum Gasteiger partial charge on any atom is -0.478 e. The van der Waals surface area contributed by atoms with Gasteiger partial charge in [0.2, 0.25) is 0 Å². The van der Waals surface area contributed by atoms with E-state index in [9.17, 15) is 9.59 Å². The summed E-state index contributed by atoms with van der Waals surface area (Å²) >= 11 is 0. The third-order valence-electron chi connectivity index (χ3n) is 3.05. The number of allylic oxidation sites excluding steroid dienone is 1. The van der Waals surface area contributed by atoms with Crippen molar-refractivity contribution in [3.63, 3.8) is 0 Å². The van der Waals surface area contributed by atoms with Gasteiger partial charge >= 0.3 is 5.97 Å². The van der Waals surface area contributed by atoms with Gasteiger partial charge in [-0.3, -0.25) is 4.79 Å². The summed E-state index contributed by atoms with van der Waals surface area (Å²) in [6.45, 7) is 3.64. The van der Waals surface area contributed by atoms with Gasteiger partial charge in [-0.05, 0) is 19.8 Å². The van der Waals surface area contributed by atoms with Crippen LogP contribution in [0.25, 0.3) is 0 Å². The molecular formula is C15H26O3. The molecule has 0 heterocycles. The Hall–Kier alpha value is -1.12. The quantitative estimate of drug-likeness (QED) is 0.446. The molecule has 0 aromatic carbocycles. The van der Waals surface area contributed by atoms with Crippen molar-refractivity contribution in [2.75, 3.05) is 0 Å². The molecule has 0 fully saturated rings. The molecule has 18 heavy (non-hydrogen) atoms. The van der Waals surface area contributed by atoms with Crippen LogP contribution in [0.5, 0.6) is 0 Å². The summed E-state index contributed by atoms with van der Waals surface area (Å²) in [5, 5.41) is 8.63. The molecule has 0 rings (SSSR count). The molecule has 3 heteroatoms. The average Bonchev–Trinajstić information content (AvgIpc) is 2.30. The number of carboxylic acids is 1. The van der Waals surface area contributed by atoms with Crippen molar-refractivity contribution in [1.29, 1.82) is 0 Å². The van der Waals surface area contributed by atoms with Gasteiger partial charge in [0.05, 0.1) is 0 Å². The maximum Gasteiger partial charge on any atom is 0.328 e. The fraction of sp³-hybridized carbons (Fsp3) is 0.733. The zero-order valence-corrected chi connectivity index (χ0v) is 11.7. The monoisotopic (exact) mass is 254 g/mol. The second-order valence-corrected chi connectivity index (χ2v) is 4.79. The number of carbonyl (C=O) groups is 2. The molecule has 0 aromatic rings. The number of carbonyl (C=O) groups excluding carboxylic acids is 1. The fourth-order valence-corrected chi connectivity index (χ4v) is 1.95. The van der Waals surface area contributed by atoms with E-state index >= 15 is 0 Å². The molecular weight excluding hydrogens is 228 g/mol. The lowest BCUT2D eigenvalue weighted by atomic mass is 10.0. The van der Waals surface area contributed by atoms with Gasteiger partial charge in [-0.25, -0.2) is 4.79 Å². The lowest BCUT2D eigenvalue weighted by Crippen LogP contribution is -2.01. The number of carboxylic acid groups (broad SMARTS) is 1. The molecule has 0 aliphatic rings. The molecule has 0 aliphatic carbocycles.